The molecule has 11 nitrogen and oxygen atoms in total. The minimum atomic E-state index is -0.757. The summed E-state index contributed by atoms with van der Waals surface area (Å²) >= 11 is 0. The van der Waals surface area contributed by atoms with Gasteiger partial charge in [0.15, 0.2) is 0 Å². The molecule has 2 aromatic carbocycles. The van der Waals surface area contributed by atoms with Crippen molar-refractivity contribution in [1.29, 1.82) is 0 Å². The van der Waals surface area contributed by atoms with E-state index in [2.05, 4.69) is 10.6 Å². The van der Waals surface area contributed by atoms with Crippen LogP contribution in [-0.4, -0.2) is 34.0 Å². The number of para-hydroxylation sites is 1. The number of rotatable bonds is 8. The molecule has 188 valence electrons. The standard InChI is InChI=1S/C25H26N4O7/c1-5-11-28-24(33)21(22(26-4)29(25(28)34)18-9-7-6-8-10-18)27-23(32)17-12-19(35-15(2)30)14-20(13-17)36-16(3)31/h6-10,12-14,26H,5,11H2,1-4H3,(H,27,32). The lowest BCUT2D eigenvalue weighted by molar-refractivity contribution is -0.132. The van der Waals surface area contributed by atoms with Crippen molar-refractivity contribution in [2.45, 2.75) is 33.7 Å². The molecule has 1 amide bonds. The monoisotopic (exact) mass is 494 g/mol. The normalized spacial score (nSPS) is 10.4. The third kappa shape index (κ3) is 5.69. The Morgan fingerprint density at radius 3 is 2.00 bits per heavy atom. The van der Waals surface area contributed by atoms with Crippen LogP contribution >= 0.6 is 0 Å². The van der Waals surface area contributed by atoms with Crippen LogP contribution in [0.5, 0.6) is 11.5 Å². The van der Waals surface area contributed by atoms with E-state index in [1.807, 2.05) is 6.92 Å². The first-order valence-corrected chi connectivity index (χ1v) is 11.1. The van der Waals surface area contributed by atoms with E-state index in [4.69, 9.17) is 9.47 Å². The summed E-state index contributed by atoms with van der Waals surface area (Å²) in [4.78, 5) is 62.7. The Kier molecular flexibility index (Phi) is 8.05. The predicted molar refractivity (Wildman–Crippen MR) is 133 cm³/mol. The van der Waals surface area contributed by atoms with Crippen LogP contribution in [0, 0.1) is 0 Å². The number of anilines is 2. The minimum absolute atomic E-state index is 0.0297. The third-order valence-electron chi connectivity index (χ3n) is 4.94. The lowest BCUT2D eigenvalue weighted by Gasteiger charge is -2.19. The molecule has 0 bridgehead atoms. The molecule has 0 aliphatic carbocycles. The van der Waals surface area contributed by atoms with Gasteiger partial charge in [-0.2, -0.15) is 0 Å². The largest absolute Gasteiger partial charge is 0.427 e. The first-order valence-electron chi connectivity index (χ1n) is 11.1. The first kappa shape index (κ1) is 25.9. The lowest BCUT2D eigenvalue weighted by atomic mass is 10.2. The number of hydrogen-bond donors (Lipinski definition) is 2. The summed E-state index contributed by atoms with van der Waals surface area (Å²) in [5.41, 5.74) is -0.981. The zero-order valence-corrected chi connectivity index (χ0v) is 20.3. The van der Waals surface area contributed by atoms with Gasteiger partial charge in [-0.3, -0.25) is 23.7 Å². The zero-order chi connectivity index (χ0) is 26.4. The number of hydrogen-bond acceptors (Lipinski definition) is 8. The van der Waals surface area contributed by atoms with Crippen molar-refractivity contribution < 1.29 is 23.9 Å². The molecule has 1 aromatic heterocycles. The van der Waals surface area contributed by atoms with Crippen molar-refractivity contribution in [2.24, 2.45) is 0 Å². The molecule has 1 heterocycles. The number of nitrogens with one attached hydrogen (secondary N) is 2. The molecule has 0 saturated heterocycles. The van der Waals surface area contributed by atoms with Crippen LogP contribution in [0.4, 0.5) is 11.5 Å². The average Bonchev–Trinajstić information content (AvgIpc) is 2.82. The second-order valence-electron chi connectivity index (χ2n) is 7.72. The van der Waals surface area contributed by atoms with Crippen LogP contribution in [0.15, 0.2) is 58.1 Å². The van der Waals surface area contributed by atoms with Crippen molar-refractivity contribution in [3.63, 3.8) is 0 Å². The van der Waals surface area contributed by atoms with Gasteiger partial charge in [-0.1, -0.05) is 25.1 Å². The highest BCUT2D eigenvalue weighted by Crippen LogP contribution is 2.25. The van der Waals surface area contributed by atoms with Crippen LogP contribution in [-0.2, 0) is 16.1 Å². The summed E-state index contributed by atoms with van der Waals surface area (Å²) in [6.45, 7) is 4.32. The quantitative estimate of drug-likeness (QED) is 0.360. The van der Waals surface area contributed by atoms with Gasteiger partial charge >= 0.3 is 17.6 Å². The highest BCUT2D eigenvalue weighted by Gasteiger charge is 2.22. The van der Waals surface area contributed by atoms with Gasteiger partial charge in [0.1, 0.15) is 23.0 Å². The van der Waals surface area contributed by atoms with E-state index >= 15 is 0 Å². The molecule has 0 unspecified atom stereocenters. The maximum absolute atomic E-state index is 13.3. The molecule has 0 radical (unpaired) electrons. The summed E-state index contributed by atoms with van der Waals surface area (Å²) in [7, 11) is 1.52. The Hall–Kier alpha value is -4.67. The maximum Gasteiger partial charge on any atom is 0.337 e. The molecule has 3 rings (SSSR count). The number of ether oxygens (including phenoxy) is 2. The van der Waals surface area contributed by atoms with Gasteiger partial charge in [0.2, 0.25) is 0 Å². The van der Waals surface area contributed by atoms with E-state index in [9.17, 15) is 24.0 Å². The van der Waals surface area contributed by atoms with Crippen LogP contribution < -0.4 is 31.4 Å². The van der Waals surface area contributed by atoms with Gasteiger partial charge in [0.25, 0.3) is 11.5 Å². The number of carbonyl (C=O) groups excluding carboxylic acids is 3. The molecule has 2 N–H and O–H groups in total. The van der Waals surface area contributed by atoms with Crippen LogP contribution in [0.3, 0.4) is 0 Å². The smallest absolute Gasteiger partial charge is 0.337 e. The van der Waals surface area contributed by atoms with Crippen molar-refractivity contribution in [3.8, 4) is 17.2 Å². The van der Waals surface area contributed by atoms with E-state index in [-0.39, 0.29) is 35.1 Å². The summed E-state index contributed by atoms with van der Waals surface area (Å²) < 4.78 is 12.5. The van der Waals surface area contributed by atoms with Gasteiger partial charge < -0.3 is 20.1 Å². The maximum atomic E-state index is 13.3. The summed E-state index contributed by atoms with van der Waals surface area (Å²) in [5, 5.41) is 5.41. The van der Waals surface area contributed by atoms with Gasteiger partial charge in [0, 0.05) is 39.1 Å². The zero-order valence-electron chi connectivity index (χ0n) is 20.3. The van der Waals surface area contributed by atoms with Crippen LogP contribution in [0.2, 0.25) is 0 Å². The molecule has 36 heavy (non-hydrogen) atoms. The Morgan fingerprint density at radius 1 is 0.917 bits per heavy atom. The second-order valence-corrected chi connectivity index (χ2v) is 7.72. The number of carbonyl (C=O) groups is 3. The number of aromatic nitrogens is 2. The SMILES string of the molecule is CCCn1c(=O)c(NC(=O)c2cc(OC(C)=O)cc(OC(C)=O)c2)c(NC)n(-c2ccccc2)c1=O. The Morgan fingerprint density at radius 2 is 1.50 bits per heavy atom. The second kappa shape index (κ2) is 11.2. The molecular formula is C25H26N4O7. The average molecular weight is 495 g/mol. The molecule has 0 aliphatic rings. The van der Waals surface area contributed by atoms with Crippen LogP contribution in [0.1, 0.15) is 37.6 Å². The molecule has 3 aromatic rings. The van der Waals surface area contributed by atoms with Gasteiger partial charge in [-0.25, -0.2) is 9.36 Å². The van der Waals surface area contributed by atoms with Crippen molar-refractivity contribution >= 4 is 29.4 Å². The van der Waals surface area contributed by atoms with Crippen LogP contribution in [0.25, 0.3) is 5.69 Å². The predicted octanol–water partition coefficient (Wildman–Crippen LogP) is 2.55. The first-order chi connectivity index (χ1) is 17.2. The van der Waals surface area contributed by atoms with E-state index in [0.29, 0.717) is 12.1 Å². The fourth-order valence-electron chi connectivity index (χ4n) is 3.58. The molecule has 0 saturated carbocycles. The van der Waals surface area contributed by atoms with E-state index in [1.54, 1.807) is 30.3 Å². The van der Waals surface area contributed by atoms with E-state index in [0.717, 1.165) is 4.57 Å². The summed E-state index contributed by atoms with van der Waals surface area (Å²) in [6.07, 6.45) is 0.506. The van der Waals surface area contributed by atoms with Gasteiger partial charge in [0.05, 0.1) is 5.69 Å². The number of amides is 1. The van der Waals surface area contributed by atoms with Gasteiger partial charge in [-0.15, -0.1) is 0 Å². The summed E-state index contributed by atoms with van der Waals surface area (Å²) in [5.74, 6) is -2.02. The number of nitrogens with zero attached hydrogens (tertiary/aromatic N) is 2. The molecule has 0 atom stereocenters. The molecule has 11 heteroatoms. The lowest BCUT2D eigenvalue weighted by Crippen LogP contribution is -2.42. The minimum Gasteiger partial charge on any atom is -0.427 e. The fourth-order valence-corrected chi connectivity index (χ4v) is 3.58. The molecule has 0 spiro atoms. The Balaban J connectivity index is 2.17. The highest BCUT2D eigenvalue weighted by atomic mass is 16.5. The Labute approximate surface area is 206 Å². The van der Waals surface area contributed by atoms with E-state index < -0.39 is 29.1 Å². The van der Waals surface area contributed by atoms with Crippen molar-refractivity contribution in [1.82, 2.24) is 9.13 Å². The highest BCUT2D eigenvalue weighted by molar-refractivity contribution is 6.06. The number of benzene rings is 2. The molecule has 0 aliphatic heterocycles. The summed E-state index contributed by atoms with van der Waals surface area (Å²) in [6, 6.07) is 12.5. The van der Waals surface area contributed by atoms with Gasteiger partial charge in [-0.05, 0) is 30.7 Å². The number of esters is 2. The Bertz CT molecular complexity index is 1390. The third-order valence-corrected chi connectivity index (χ3v) is 4.94. The van der Waals surface area contributed by atoms with E-state index in [1.165, 1.54) is 43.7 Å². The van der Waals surface area contributed by atoms with Crippen molar-refractivity contribution in [2.75, 3.05) is 17.7 Å². The fraction of sp³-hybridized carbons (Fsp3) is 0.240. The molecular weight excluding hydrogens is 468 g/mol. The molecule has 0 fully saturated rings. The van der Waals surface area contributed by atoms with Crippen molar-refractivity contribution in [3.05, 3.63) is 74.9 Å². The topological polar surface area (TPSA) is 138 Å².